The smallest absolute Gasteiger partial charge is 0.00211 e. The van der Waals surface area contributed by atoms with Crippen LogP contribution in [0.2, 0.25) is 0 Å². The van der Waals surface area contributed by atoms with Gasteiger partial charge in [-0.25, -0.2) is 0 Å². The quantitative estimate of drug-likeness (QED) is 0.681. The van der Waals surface area contributed by atoms with Gasteiger partial charge in [-0.05, 0) is 18.3 Å². The highest BCUT2D eigenvalue weighted by atomic mass is 32.2. The minimum atomic E-state index is 0.568. The van der Waals surface area contributed by atoms with Gasteiger partial charge in [0.1, 0.15) is 0 Å². The fraction of sp³-hybridized carbons (Fsp3) is 0.818. The van der Waals surface area contributed by atoms with E-state index in [9.17, 15) is 0 Å². The van der Waals surface area contributed by atoms with Crippen molar-refractivity contribution in [3.63, 3.8) is 0 Å². The molecule has 0 unspecified atom stereocenters. The lowest BCUT2D eigenvalue weighted by Crippen LogP contribution is -2.04. The fourth-order valence-electron chi connectivity index (χ4n) is 1.55. The van der Waals surface area contributed by atoms with Gasteiger partial charge in [0.05, 0.1) is 0 Å². The monoisotopic (exact) mass is 201 g/mol. The van der Waals surface area contributed by atoms with Crippen LogP contribution in [0.15, 0.2) is 10.5 Å². The Morgan fingerprint density at radius 2 is 1.69 bits per heavy atom. The number of nitrogens with two attached hydrogens (primary N) is 1. The van der Waals surface area contributed by atoms with Crippen LogP contribution in [0.4, 0.5) is 0 Å². The topological polar surface area (TPSA) is 26.0 Å². The van der Waals surface area contributed by atoms with E-state index in [2.05, 4.69) is 34.6 Å². The van der Waals surface area contributed by atoms with Gasteiger partial charge in [0.2, 0.25) is 0 Å². The first-order valence-electron chi connectivity index (χ1n) is 5.14. The van der Waals surface area contributed by atoms with Crippen LogP contribution in [0, 0.1) is 11.8 Å². The second kappa shape index (κ2) is 6.50. The molecule has 0 aliphatic heterocycles. The molecule has 0 saturated heterocycles. The lowest BCUT2D eigenvalue weighted by molar-refractivity contribution is 0.670. The summed E-state index contributed by atoms with van der Waals surface area (Å²) in [6, 6.07) is 0. The molecule has 0 saturated carbocycles. The normalized spacial score (nSPS) is 13.8. The predicted octanol–water partition coefficient (Wildman–Crippen LogP) is 3.96. The summed E-state index contributed by atoms with van der Waals surface area (Å²) in [6.45, 7) is 11.2. The maximum Gasteiger partial charge on any atom is 0.00211 e. The van der Waals surface area contributed by atoms with Crippen molar-refractivity contribution in [2.24, 2.45) is 17.0 Å². The maximum absolute atomic E-state index is 5.70. The van der Waals surface area contributed by atoms with E-state index >= 15 is 0 Å². The molecule has 0 amide bonds. The van der Waals surface area contributed by atoms with Gasteiger partial charge in [-0.3, -0.25) is 5.14 Å². The second-order valence-electron chi connectivity index (χ2n) is 4.07. The highest BCUT2D eigenvalue weighted by molar-refractivity contribution is 8.00. The minimum absolute atomic E-state index is 0.568. The van der Waals surface area contributed by atoms with Crippen LogP contribution in [0.3, 0.4) is 0 Å². The van der Waals surface area contributed by atoms with Gasteiger partial charge in [0, 0.05) is 4.91 Å². The minimum Gasteiger partial charge on any atom is -0.274 e. The van der Waals surface area contributed by atoms with Crippen LogP contribution in [0.1, 0.15) is 47.5 Å². The van der Waals surface area contributed by atoms with Crippen molar-refractivity contribution >= 4 is 11.9 Å². The molecule has 0 rings (SSSR count). The predicted molar refractivity (Wildman–Crippen MR) is 63.4 cm³/mol. The zero-order chi connectivity index (χ0) is 10.4. The van der Waals surface area contributed by atoms with Crippen LogP contribution in [-0.2, 0) is 0 Å². The Morgan fingerprint density at radius 1 is 1.15 bits per heavy atom. The summed E-state index contributed by atoms with van der Waals surface area (Å²) < 4.78 is 0. The summed E-state index contributed by atoms with van der Waals surface area (Å²) >= 11 is 1.43. The van der Waals surface area contributed by atoms with Crippen molar-refractivity contribution in [1.29, 1.82) is 0 Å². The lowest BCUT2D eigenvalue weighted by Gasteiger charge is -2.18. The van der Waals surface area contributed by atoms with Gasteiger partial charge in [0.25, 0.3) is 0 Å². The highest BCUT2D eigenvalue weighted by Crippen LogP contribution is 2.30. The van der Waals surface area contributed by atoms with Crippen LogP contribution in [0.5, 0.6) is 0 Å². The zero-order valence-electron chi connectivity index (χ0n) is 9.55. The number of rotatable bonds is 5. The molecular weight excluding hydrogens is 178 g/mol. The molecule has 0 aliphatic carbocycles. The van der Waals surface area contributed by atoms with Crippen molar-refractivity contribution in [2.75, 3.05) is 0 Å². The molecular formula is C11H23NS. The first kappa shape index (κ1) is 13.1. The molecule has 0 aliphatic rings. The van der Waals surface area contributed by atoms with Gasteiger partial charge in [0.15, 0.2) is 0 Å². The average molecular weight is 201 g/mol. The number of hydrogen-bond acceptors (Lipinski definition) is 2. The third-order valence-corrected chi connectivity index (χ3v) is 3.17. The Balaban J connectivity index is 4.77. The standard InChI is InChI=1S/C11H23NS/c1-6-7-10(8(2)3)11(13-12)9(4)5/h8-9H,6-7,12H2,1-5H3/b11-10+. The van der Waals surface area contributed by atoms with E-state index < -0.39 is 0 Å². The summed E-state index contributed by atoms with van der Waals surface area (Å²) in [5, 5.41) is 5.70. The van der Waals surface area contributed by atoms with Gasteiger partial charge >= 0.3 is 0 Å². The summed E-state index contributed by atoms with van der Waals surface area (Å²) in [5.41, 5.74) is 1.55. The van der Waals surface area contributed by atoms with E-state index in [0.29, 0.717) is 11.8 Å². The summed E-state index contributed by atoms with van der Waals surface area (Å²) in [6.07, 6.45) is 2.40. The first-order valence-corrected chi connectivity index (χ1v) is 6.02. The summed E-state index contributed by atoms with van der Waals surface area (Å²) in [4.78, 5) is 1.39. The second-order valence-corrected chi connectivity index (χ2v) is 4.74. The molecule has 0 atom stereocenters. The lowest BCUT2D eigenvalue weighted by atomic mass is 9.95. The van der Waals surface area contributed by atoms with Gasteiger partial charge in [-0.15, -0.1) is 0 Å². The molecule has 0 fully saturated rings. The average Bonchev–Trinajstić information content (AvgIpc) is 2.03. The molecule has 0 spiro atoms. The van der Waals surface area contributed by atoms with Crippen molar-refractivity contribution in [1.82, 2.24) is 0 Å². The summed E-state index contributed by atoms with van der Waals surface area (Å²) in [7, 11) is 0. The van der Waals surface area contributed by atoms with Crippen molar-refractivity contribution in [3.8, 4) is 0 Å². The molecule has 0 bridgehead atoms. The third-order valence-electron chi connectivity index (χ3n) is 2.18. The summed E-state index contributed by atoms with van der Waals surface area (Å²) in [5.74, 6) is 1.20. The third kappa shape index (κ3) is 4.19. The Morgan fingerprint density at radius 3 is 1.92 bits per heavy atom. The van der Waals surface area contributed by atoms with Gasteiger partial charge in [-0.2, -0.15) is 0 Å². The van der Waals surface area contributed by atoms with Crippen LogP contribution >= 0.6 is 11.9 Å². The molecule has 0 aromatic rings. The van der Waals surface area contributed by atoms with Crippen molar-refractivity contribution in [2.45, 2.75) is 47.5 Å². The Bertz CT molecular complexity index is 171. The molecule has 2 N–H and O–H groups in total. The fourth-order valence-corrected chi connectivity index (χ4v) is 2.31. The van der Waals surface area contributed by atoms with Crippen LogP contribution in [-0.4, -0.2) is 0 Å². The van der Waals surface area contributed by atoms with E-state index in [-0.39, 0.29) is 0 Å². The Labute approximate surface area is 87.3 Å². The van der Waals surface area contributed by atoms with E-state index in [4.69, 9.17) is 5.14 Å². The number of hydrogen-bond donors (Lipinski definition) is 1. The molecule has 0 aromatic carbocycles. The maximum atomic E-state index is 5.70. The molecule has 1 nitrogen and oxygen atoms in total. The SMILES string of the molecule is CCC/C(=C(\SN)C(C)C)C(C)C. The molecule has 13 heavy (non-hydrogen) atoms. The largest absolute Gasteiger partial charge is 0.274 e. The molecule has 0 aromatic heterocycles. The Hall–Kier alpha value is 0.0500. The van der Waals surface area contributed by atoms with Crippen molar-refractivity contribution in [3.05, 3.63) is 10.5 Å². The van der Waals surface area contributed by atoms with Gasteiger partial charge in [-0.1, -0.05) is 58.6 Å². The van der Waals surface area contributed by atoms with Gasteiger partial charge < -0.3 is 0 Å². The zero-order valence-corrected chi connectivity index (χ0v) is 10.4. The molecule has 78 valence electrons. The molecule has 0 heterocycles. The van der Waals surface area contributed by atoms with E-state index in [1.165, 1.54) is 29.7 Å². The molecule has 0 radical (unpaired) electrons. The van der Waals surface area contributed by atoms with Crippen LogP contribution in [0.25, 0.3) is 0 Å². The van der Waals surface area contributed by atoms with E-state index in [1.54, 1.807) is 5.57 Å². The first-order chi connectivity index (χ1) is 6.04. The van der Waals surface area contributed by atoms with Crippen molar-refractivity contribution < 1.29 is 0 Å². The Kier molecular flexibility index (Phi) is 6.52. The number of allylic oxidation sites excluding steroid dienone is 2. The molecule has 2 heteroatoms. The van der Waals surface area contributed by atoms with E-state index in [1.807, 2.05) is 0 Å². The van der Waals surface area contributed by atoms with Crippen LogP contribution < -0.4 is 5.14 Å². The highest BCUT2D eigenvalue weighted by Gasteiger charge is 2.12. The van der Waals surface area contributed by atoms with E-state index in [0.717, 1.165) is 0 Å².